The second-order valence-corrected chi connectivity index (χ2v) is 9.63. The highest BCUT2D eigenvalue weighted by Gasteiger charge is 2.15. The Kier molecular flexibility index (Phi) is 5.51. The van der Waals surface area contributed by atoms with Crippen LogP contribution in [0.15, 0.2) is 70.7 Å². The van der Waals surface area contributed by atoms with Gasteiger partial charge in [-0.2, -0.15) is 0 Å². The summed E-state index contributed by atoms with van der Waals surface area (Å²) < 4.78 is 23.9. The van der Waals surface area contributed by atoms with Gasteiger partial charge < -0.3 is 10.3 Å². The molecule has 7 nitrogen and oxygen atoms in total. The lowest BCUT2D eigenvalue weighted by Gasteiger charge is -2.18. The van der Waals surface area contributed by atoms with Gasteiger partial charge in [0.15, 0.2) is 9.84 Å². The van der Waals surface area contributed by atoms with Crippen molar-refractivity contribution in [3.63, 3.8) is 0 Å². The van der Waals surface area contributed by atoms with E-state index in [-0.39, 0.29) is 16.5 Å². The van der Waals surface area contributed by atoms with E-state index in [0.717, 1.165) is 11.6 Å². The van der Waals surface area contributed by atoms with Gasteiger partial charge in [0, 0.05) is 23.7 Å². The lowest BCUT2D eigenvalue weighted by atomic mass is 10.1. The number of halogens is 1. The highest BCUT2D eigenvalue weighted by Crippen LogP contribution is 2.30. The molecule has 4 rings (SSSR count). The van der Waals surface area contributed by atoms with Gasteiger partial charge in [-0.15, -0.1) is 0 Å². The van der Waals surface area contributed by atoms with Crippen molar-refractivity contribution in [2.24, 2.45) is 0 Å². The minimum Gasteiger partial charge on any atom is -0.361 e. The van der Waals surface area contributed by atoms with Crippen molar-refractivity contribution in [2.45, 2.75) is 17.9 Å². The van der Waals surface area contributed by atoms with Crippen molar-refractivity contribution in [3.8, 4) is 11.1 Å². The number of nitrogens with zero attached hydrogens (tertiary/aromatic N) is 2. The Balaban J connectivity index is 1.72. The predicted octanol–water partition coefficient (Wildman–Crippen LogP) is 4.22. The Bertz CT molecular complexity index is 1450. The van der Waals surface area contributed by atoms with Crippen molar-refractivity contribution in [1.29, 1.82) is 0 Å². The molecule has 0 aliphatic heterocycles. The zero-order valence-electron chi connectivity index (χ0n) is 16.8. The molecule has 0 amide bonds. The fraction of sp³-hybridized carbons (Fsp3) is 0.136. The minimum atomic E-state index is -3.35. The van der Waals surface area contributed by atoms with Gasteiger partial charge in [0.05, 0.1) is 21.3 Å². The quantitative estimate of drug-likeness (QED) is 0.468. The summed E-state index contributed by atoms with van der Waals surface area (Å²) in [7, 11) is -3.35. The van der Waals surface area contributed by atoms with Crippen molar-refractivity contribution in [3.05, 3.63) is 82.1 Å². The van der Waals surface area contributed by atoms with E-state index in [1.165, 1.54) is 6.33 Å². The van der Waals surface area contributed by atoms with Gasteiger partial charge in [0.2, 0.25) is 0 Å². The van der Waals surface area contributed by atoms with Crippen LogP contribution in [0.2, 0.25) is 5.02 Å². The number of sulfone groups is 1. The fourth-order valence-electron chi connectivity index (χ4n) is 3.36. The van der Waals surface area contributed by atoms with E-state index >= 15 is 0 Å². The van der Waals surface area contributed by atoms with E-state index in [9.17, 15) is 13.2 Å². The average Bonchev–Trinajstić information content (AvgIpc) is 2.73. The third-order valence-corrected chi connectivity index (χ3v) is 6.37. The van der Waals surface area contributed by atoms with Crippen LogP contribution in [0, 0.1) is 0 Å². The summed E-state index contributed by atoms with van der Waals surface area (Å²) >= 11 is 6.16. The highest BCUT2D eigenvalue weighted by atomic mass is 35.5. The maximum absolute atomic E-state index is 12.5. The van der Waals surface area contributed by atoms with Gasteiger partial charge in [-0.3, -0.25) is 4.79 Å². The number of benzene rings is 2. The van der Waals surface area contributed by atoms with E-state index in [1.807, 2.05) is 19.1 Å². The molecular formula is C22H19ClN4O3S. The first-order valence-corrected chi connectivity index (χ1v) is 11.7. The number of aromatic nitrogens is 3. The van der Waals surface area contributed by atoms with Crippen molar-refractivity contribution in [2.75, 3.05) is 11.6 Å². The third kappa shape index (κ3) is 4.30. The van der Waals surface area contributed by atoms with E-state index in [1.54, 1.807) is 42.6 Å². The van der Waals surface area contributed by atoms with Gasteiger partial charge >= 0.3 is 0 Å². The molecule has 31 heavy (non-hydrogen) atoms. The Labute approximate surface area is 184 Å². The summed E-state index contributed by atoms with van der Waals surface area (Å²) in [5.41, 5.74) is 1.70. The van der Waals surface area contributed by atoms with Crippen molar-refractivity contribution in [1.82, 2.24) is 15.0 Å². The van der Waals surface area contributed by atoms with Crippen LogP contribution >= 0.6 is 11.6 Å². The lowest BCUT2D eigenvalue weighted by Crippen LogP contribution is -2.16. The molecule has 1 atom stereocenters. The Morgan fingerprint density at radius 1 is 1.13 bits per heavy atom. The highest BCUT2D eigenvalue weighted by molar-refractivity contribution is 7.90. The third-order valence-electron chi connectivity index (χ3n) is 4.95. The molecule has 0 bridgehead atoms. The number of rotatable bonds is 5. The molecule has 2 aromatic carbocycles. The zero-order chi connectivity index (χ0) is 22.2. The number of anilines is 1. The summed E-state index contributed by atoms with van der Waals surface area (Å²) in [6.45, 7) is 1.89. The fourth-order valence-corrected chi connectivity index (χ4v) is 4.30. The molecule has 0 radical (unpaired) electrons. The lowest BCUT2D eigenvalue weighted by molar-refractivity contribution is 0.602. The second kappa shape index (κ2) is 8.13. The van der Waals surface area contributed by atoms with Crippen LogP contribution in [-0.2, 0) is 9.84 Å². The Morgan fingerprint density at radius 2 is 1.90 bits per heavy atom. The summed E-state index contributed by atoms with van der Waals surface area (Å²) in [5, 5.41) is 4.87. The molecule has 2 heterocycles. The van der Waals surface area contributed by atoms with Gasteiger partial charge in [0.25, 0.3) is 5.56 Å². The molecular weight excluding hydrogens is 436 g/mol. The summed E-state index contributed by atoms with van der Waals surface area (Å²) in [5.74, 6) is 0.514. The van der Waals surface area contributed by atoms with Crippen molar-refractivity contribution >= 4 is 38.0 Å². The second-order valence-electron chi connectivity index (χ2n) is 7.21. The first-order chi connectivity index (χ1) is 14.7. The molecule has 9 heteroatoms. The van der Waals surface area contributed by atoms with Gasteiger partial charge in [-0.1, -0.05) is 35.9 Å². The number of fused-ring (bicyclic) bond motifs is 1. The zero-order valence-corrected chi connectivity index (χ0v) is 18.3. The topological polar surface area (TPSA) is 105 Å². The van der Waals surface area contributed by atoms with Crippen molar-refractivity contribution < 1.29 is 8.42 Å². The summed E-state index contributed by atoms with van der Waals surface area (Å²) in [6.07, 6.45) is 4.19. The molecule has 0 spiro atoms. The minimum absolute atomic E-state index is 0.212. The molecule has 2 N–H and O–H groups in total. The van der Waals surface area contributed by atoms with E-state index < -0.39 is 9.84 Å². The van der Waals surface area contributed by atoms with Gasteiger partial charge in [-0.25, -0.2) is 18.4 Å². The molecule has 0 fully saturated rings. The molecule has 0 saturated carbocycles. The molecule has 4 aromatic rings. The summed E-state index contributed by atoms with van der Waals surface area (Å²) in [6, 6.07) is 13.5. The van der Waals surface area contributed by atoms with Crippen LogP contribution in [0.3, 0.4) is 0 Å². The number of hydrogen-bond acceptors (Lipinski definition) is 6. The number of hydrogen-bond donors (Lipinski definition) is 2. The van der Waals surface area contributed by atoms with Crippen LogP contribution in [0.5, 0.6) is 0 Å². The largest absolute Gasteiger partial charge is 0.361 e. The van der Waals surface area contributed by atoms with Crippen LogP contribution in [0.25, 0.3) is 21.9 Å². The molecule has 2 aromatic heterocycles. The summed E-state index contributed by atoms with van der Waals surface area (Å²) in [4.78, 5) is 24.0. The van der Waals surface area contributed by atoms with E-state index in [0.29, 0.717) is 33.0 Å². The number of nitrogens with one attached hydrogen (secondary N) is 2. The molecule has 0 aliphatic carbocycles. The number of H-pyrrole nitrogens is 1. The number of aromatic amines is 1. The maximum atomic E-state index is 12.5. The molecule has 0 saturated heterocycles. The SMILES string of the molecule is CC(Nc1ncncc1-c1cccc(S(C)(=O)=O)c1)c1cc2cccc(Cl)c2c(=O)[nH]1. The Morgan fingerprint density at radius 3 is 2.68 bits per heavy atom. The average molecular weight is 455 g/mol. The smallest absolute Gasteiger partial charge is 0.257 e. The number of pyridine rings is 1. The normalized spacial score (nSPS) is 12.6. The van der Waals surface area contributed by atoms with Crippen LogP contribution < -0.4 is 10.9 Å². The van der Waals surface area contributed by atoms with Crippen LogP contribution in [0.4, 0.5) is 5.82 Å². The van der Waals surface area contributed by atoms with Crippen LogP contribution in [0.1, 0.15) is 18.7 Å². The molecule has 0 aliphatic rings. The first-order valence-electron chi connectivity index (χ1n) is 9.42. The maximum Gasteiger partial charge on any atom is 0.257 e. The van der Waals surface area contributed by atoms with Crippen LogP contribution in [-0.4, -0.2) is 29.6 Å². The predicted molar refractivity (Wildman–Crippen MR) is 122 cm³/mol. The monoisotopic (exact) mass is 454 g/mol. The van der Waals surface area contributed by atoms with E-state index in [4.69, 9.17) is 11.6 Å². The molecule has 158 valence electrons. The van der Waals surface area contributed by atoms with E-state index in [2.05, 4.69) is 20.3 Å². The molecule has 1 unspecified atom stereocenters. The first kappa shape index (κ1) is 21.0. The standard InChI is InChI=1S/C22H19ClN4O3S/c1-13(19-10-15-6-4-8-18(23)20(15)22(28)27-19)26-21-17(11-24-12-25-21)14-5-3-7-16(9-14)31(2,29)30/h3-13H,1-2H3,(H,27,28)(H,24,25,26). The van der Waals surface area contributed by atoms with Gasteiger partial charge in [-0.05, 0) is 42.1 Å². The Hall–Kier alpha value is -3.23. The van der Waals surface area contributed by atoms with Gasteiger partial charge in [0.1, 0.15) is 12.1 Å².